The van der Waals surface area contributed by atoms with Crippen LogP contribution in [-0.2, 0) is 5.60 Å². The summed E-state index contributed by atoms with van der Waals surface area (Å²) >= 11 is 0. The maximum atomic E-state index is 12.4. The van der Waals surface area contributed by atoms with Crippen molar-refractivity contribution in [1.29, 1.82) is 0 Å². The van der Waals surface area contributed by atoms with E-state index in [0.717, 1.165) is 43.8 Å². The van der Waals surface area contributed by atoms with E-state index >= 15 is 0 Å². The van der Waals surface area contributed by atoms with Gasteiger partial charge in [-0.1, -0.05) is 81.5 Å². The Labute approximate surface area is 189 Å². The van der Waals surface area contributed by atoms with Crippen LogP contribution in [0.15, 0.2) is 54.6 Å². The van der Waals surface area contributed by atoms with Gasteiger partial charge in [0.05, 0.1) is 12.2 Å². The van der Waals surface area contributed by atoms with Crippen LogP contribution >= 0.6 is 0 Å². The Morgan fingerprint density at radius 3 is 2.23 bits per heavy atom. The first kappa shape index (κ1) is 23.8. The SMILES string of the molecule is CCCCCCC[C@](O)(c1ccc(OCC)cc1)[C@@H](CN1CCCC1)c1ccccc1. The lowest BCUT2D eigenvalue weighted by atomic mass is 9.74. The number of unbranched alkanes of at least 4 members (excludes halogenated alkanes) is 4. The summed E-state index contributed by atoms with van der Waals surface area (Å²) in [6.07, 6.45) is 9.31. The minimum atomic E-state index is -0.888. The van der Waals surface area contributed by atoms with Crippen LogP contribution < -0.4 is 4.74 Å². The molecule has 0 unspecified atom stereocenters. The van der Waals surface area contributed by atoms with E-state index in [-0.39, 0.29) is 5.92 Å². The van der Waals surface area contributed by atoms with Crippen LogP contribution in [0.3, 0.4) is 0 Å². The summed E-state index contributed by atoms with van der Waals surface area (Å²) in [5.41, 5.74) is 1.36. The van der Waals surface area contributed by atoms with Gasteiger partial charge < -0.3 is 14.7 Å². The largest absolute Gasteiger partial charge is 0.494 e. The number of hydrogen-bond acceptors (Lipinski definition) is 3. The second kappa shape index (κ2) is 12.3. The van der Waals surface area contributed by atoms with E-state index in [0.29, 0.717) is 6.61 Å². The Kier molecular flexibility index (Phi) is 9.42. The molecule has 2 aromatic carbocycles. The van der Waals surface area contributed by atoms with E-state index in [1.165, 1.54) is 44.1 Å². The lowest BCUT2D eigenvalue weighted by Crippen LogP contribution is -2.40. The first-order chi connectivity index (χ1) is 15.2. The standard InChI is InChI=1S/C28H41NO2/c1-3-5-6-7-11-20-28(30,25-16-18-26(19-17-25)31-4-2)27(23-29-21-12-13-22-29)24-14-9-8-10-15-24/h8-10,14-19,27,30H,3-7,11-13,20-23H2,1-2H3/t27-,28-/m0/s1. The van der Waals surface area contributed by atoms with Gasteiger partial charge in [-0.15, -0.1) is 0 Å². The number of hydrogen-bond donors (Lipinski definition) is 1. The third-order valence-electron chi connectivity index (χ3n) is 6.74. The predicted octanol–water partition coefficient (Wildman–Crippen LogP) is 6.51. The molecule has 1 saturated heterocycles. The molecule has 1 heterocycles. The van der Waals surface area contributed by atoms with E-state index in [1.807, 2.05) is 19.1 Å². The van der Waals surface area contributed by atoms with E-state index in [9.17, 15) is 5.11 Å². The highest BCUT2D eigenvalue weighted by Crippen LogP contribution is 2.42. The normalized spacial score (nSPS) is 17.4. The monoisotopic (exact) mass is 423 g/mol. The average Bonchev–Trinajstić information content (AvgIpc) is 3.32. The molecule has 31 heavy (non-hydrogen) atoms. The van der Waals surface area contributed by atoms with Crippen LogP contribution in [0.1, 0.15) is 82.3 Å². The molecule has 0 radical (unpaired) electrons. The lowest BCUT2D eigenvalue weighted by Gasteiger charge is -2.39. The number of nitrogens with zero attached hydrogens (tertiary/aromatic N) is 1. The quantitative estimate of drug-likeness (QED) is 0.373. The summed E-state index contributed by atoms with van der Waals surface area (Å²) in [5.74, 6) is 0.920. The molecule has 1 aliphatic heterocycles. The van der Waals surface area contributed by atoms with E-state index < -0.39 is 5.60 Å². The van der Waals surface area contributed by atoms with Crippen molar-refractivity contribution in [3.8, 4) is 5.75 Å². The van der Waals surface area contributed by atoms with Gasteiger partial charge in [0.2, 0.25) is 0 Å². The van der Waals surface area contributed by atoms with Gasteiger partial charge in [0, 0.05) is 12.5 Å². The topological polar surface area (TPSA) is 32.7 Å². The van der Waals surface area contributed by atoms with Crippen molar-refractivity contribution in [2.24, 2.45) is 0 Å². The Morgan fingerprint density at radius 1 is 0.903 bits per heavy atom. The van der Waals surface area contributed by atoms with Crippen molar-refractivity contribution < 1.29 is 9.84 Å². The molecule has 0 aliphatic carbocycles. The fraction of sp³-hybridized carbons (Fsp3) is 0.571. The Balaban J connectivity index is 1.91. The van der Waals surface area contributed by atoms with Crippen molar-refractivity contribution in [3.63, 3.8) is 0 Å². The minimum absolute atomic E-state index is 0.0518. The van der Waals surface area contributed by atoms with Gasteiger partial charge in [-0.05, 0) is 62.5 Å². The first-order valence-corrected chi connectivity index (χ1v) is 12.4. The highest BCUT2D eigenvalue weighted by molar-refractivity contribution is 5.35. The molecule has 2 atom stereocenters. The number of likely N-dealkylation sites (tertiary alicyclic amines) is 1. The third-order valence-corrected chi connectivity index (χ3v) is 6.74. The molecular weight excluding hydrogens is 382 g/mol. The molecule has 1 fully saturated rings. The maximum absolute atomic E-state index is 12.4. The van der Waals surface area contributed by atoms with Gasteiger partial charge in [0.15, 0.2) is 0 Å². The van der Waals surface area contributed by atoms with Crippen molar-refractivity contribution >= 4 is 0 Å². The molecule has 0 bridgehead atoms. The number of aliphatic hydroxyl groups is 1. The summed E-state index contributed by atoms with van der Waals surface area (Å²) in [7, 11) is 0. The van der Waals surface area contributed by atoms with Crippen LogP contribution in [0.4, 0.5) is 0 Å². The Hall–Kier alpha value is -1.84. The third kappa shape index (κ3) is 6.57. The molecule has 3 rings (SSSR count). The molecular formula is C28H41NO2. The summed E-state index contributed by atoms with van der Waals surface area (Å²) in [6, 6.07) is 18.8. The molecule has 3 nitrogen and oxygen atoms in total. The Morgan fingerprint density at radius 2 is 1.58 bits per heavy atom. The van der Waals surface area contributed by atoms with Gasteiger partial charge >= 0.3 is 0 Å². The maximum Gasteiger partial charge on any atom is 0.119 e. The molecule has 3 heteroatoms. The van der Waals surface area contributed by atoms with Crippen molar-refractivity contribution in [2.45, 2.75) is 76.7 Å². The molecule has 0 saturated carbocycles. The van der Waals surface area contributed by atoms with Crippen molar-refractivity contribution in [2.75, 3.05) is 26.2 Å². The van der Waals surface area contributed by atoms with E-state index in [4.69, 9.17) is 4.74 Å². The number of rotatable bonds is 13. The minimum Gasteiger partial charge on any atom is -0.494 e. The van der Waals surface area contributed by atoms with Gasteiger partial charge in [0.1, 0.15) is 5.75 Å². The second-order valence-corrected chi connectivity index (χ2v) is 9.02. The molecule has 1 N–H and O–H groups in total. The van der Waals surface area contributed by atoms with Crippen LogP contribution in [0, 0.1) is 0 Å². The predicted molar refractivity (Wildman–Crippen MR) is 130 cm³/mol. The van der Waals surface area contributed by atoms with Crippen LogP contribution in [0.25, 0.3) is 0 Å². The van der Waals surface area contributed by atoms with Gasteiger partial charge in [0.25, 0.3) is 0 Å². The van der Waals surface area contributed by atoms with Gasteiger partial charge in [-0.3, -0.25) is 0 Å². The highest BCUT2D eigenvalue weighted by Gasteiger charge is 2.40. The summed E-state index contributed by atoms with van der Waals surface area (Å²) in [5, 5.41) is 12.4. The number of benzene rings is 2. The van der Waals surface area contributed by atoms with Crippen LogP contribution in [-0.4, -0.2) is 36.2 Å². The molecule has 0 aromatic heterocycles. The molecule has 1 aliphatic rings. The molecule has 170 valence electrons. The highest BCUT2D eigenvalue weighted by atomic mass is 16.5. The van der Waals surface area contributed by atoms with Crippen LogP contribution in [0.5, 0.6) is 5.75 Å². The van der Waals surface area contributed by atoms with Crippen molar-refractivity contribution in [3.05, 3.63) is 65.7 Å². The van der Waals surface area contributed by atoms with E-state index in [1.54, 1.807) is 0 Å². The smallest absolute Gasteiger partial charge is 0.119 e. The summed E-state index contributed by atoms with van der Waals surface area (Å²) < 4.78 is 5.66. The van der Waals surface area contributed by atoms with Crippen molar-refractivity contribution in [1.82, 2.24) is 4.90 Å². The summed E-state index contributed by atoms with van der Waals surface area (Å²) in [4.78, 5) is 2.54. The zero-order chi connectivity index (χ0) is 21.9. The van der Waals surface area contributed by atoms with Gasteiger partial charge in [-0.25, -0.2) is 0 Å². The first-order valence-electron chi connectivity index (χ1n) is 12.4. The van der Waals surface area contributed by atoms with E-state index in [2.05, 4.69) is 54.3 Å². The molecule has 0 spiro atoms. The number of ether oxygens (including phenoxy) is 1. The molecule has 2 aromatic rings. The second-order valence-electron chi connectivity index (χ2n) is 9.02. The van der Waals surface area contributed by atoms with Crippen LogP contribution in [0.2, 0.25) is 0 Å². The summed E-state index contributed by atoms with van der Waals surface area (Å²) in [6.45, 7) is 8.09. The average molecular weight is 424 g/mol. The zero-order valence-electron chi connectivity index (χ0n) is 19.6. The zero-order valence-corrected chi connectivity index (χ0v) is 19.6. The fourth-order valence-electron chi connectivity index (χ4n) is 4.97. The molecule has 0 amide bonds. The Bertz CT molecular complexity index is 739. The van der Waals surface area contributed by atoms with Gasteiger partial charge in [-0.2, -0.15) is 0 Å². The lowest BCUT2D eigenvalue weighted by molar-refractivity contribution is -0.0133. The fourth-order valence-corrected chi connectivity index (χ4v) is 4.97.